The summed E-state index contributed by atoms with van der Waals surface area (Å²) in [7, 11) is 0. The highest BCUT2D eigenvalue weighted by atomic mass is 35.5. The lowest BCUT2D eigenvalue weighted by atomic mass is 9.97. The first kappa shape index (κ1) is 62.4. The fraction of sp³-hybridized carbons (Fsp3) is 0.281. The van der Waals surface area contributed by atoms with Crippen LogP contribution in [0, 0.1) is 11.8 Å². The molecule has 5 aromatic carbocycles. The number of aromatic amines is 1. The summed E-state index contributed by atoms with van der Waals surface area (Å²) in [6.45, 7) is 12.8. The number of benzene rings is 5. The zero-order chi connectivity index (χ0) is 61.8. The highest BCUT2D eigenvalue weighted by Crippen LogP contribution is 2.37. The van der Waals surface area contributed by atoms with Crippen molar-refractivity contribution in [2.75, 3.05) is 47.4 Å². The van der Waals surface area contributed by atoms with E-state index in [1.54, 1.807) is 22.2 Å². The van der Waals surface area contributed by atoms with Crippen LogP contribution in [0.3, 0.4) is 0 Å². The van der Waals surface area contributed by atoms with Gasteiger partial charge in [-0.2, -0.15) is 8.42 Å². The first-order chi connectivity index (χ1) is 41.7. The van der Waals surface area contributed by atoms with Gasteiger partial charge >= 0.3 is 23.8 Å². The molecule has 450 valence electrons. The third-order valence-corrected chi connectivity index (χ3v) is 14.5. The van der Waals surface area contributed by atoms with E-state index in [9.17, 15) is 19.2 Å². The van der Waals surface area contributed by atoms with Gasteiger partial charge in [-0.25, -0.2) is 29.5 Å². The van der Waals surface area contributed by atoms with Crippen molar-refractivity contribution in [3.63, 3.8) is 0 Å². The standard InChI is InChI=1S/C35H35ClN6O3.C29H31ClN6O3.O2S/c1-35(2,3)45-34(44)41-18-10-11-23(21-41)32(43)38-24-12-9-13-25(19-24)39-33-37-20-29(36)31(40-33)28-22-42(26-14-5-4-6-15-26)30-17-8-7-16-27(28)30;1-29(2,3)39-28(38)36-13-7-8-18(17-36)26(37)33-19-9-6-10-20(14-19)34-27-32-16-23(30)25(35-27)22-15-31-24-12-5-4-11-21(22)24;1-3-2/h4-9,12-17,19-20,22-23H,10-11,18,21H2,1-3H3,(H,38,43)(H,37,39,40);4-6,9-12,14-16,18,31H,7-8,13,17H2,1-3H3,(H,33,37)(H,32,34,35);/t23-;18-;/m11./s1. The Hall–Kier alpha value is -9.18. The molecular weight excluding hydrogens is 1170 g/mol. The summed E-state index contributed by atoms with van der Waals surface area (Å²) in [5.41, 5.74) is 7.56. The van der Waals surface area contributed by atoms with Crippen molar-refractivity contribution < 1.29 is 37.1 Å². The van der Waals surface area contributed by atoms with E-state index in [1.165, 1.54) is 0 Å². The normalized spacial score (nSPS) is 15.0. The Labute approximate surface area is 517 Å². The first-order valence-electron chi connectivity index (χ1n) is 28.2. The van der Waals surface area contributed by atoms with Crippen molar-refractivity contribution in [2.24, 2.45) is 11.8 Å². The van der Waals surface area contributed by atoms with E-state index in [0.717, 1.165) is 51.5 Å². The van der Waals surface area contributed by atoms with Gasteiger partial charge in [0.05, 0.1) is 51.2 Å². The van der Waals surface area contributed by atoms with Crippen LogP contribution in [0.1, 0.15) is 67.2 Å². The van der Waals surface area contributed by atoms with Crippen LogP contribution >= 0.6 is 23.2 Å². The van der Waals surface area contributed by atoms with Crippen molar-refractivity contribution in [3.8, 4) is 28.2 Å². The number of aromatic nitrogens is 6. The Kier molecular flexibility index (Phi) is 20.0. The molecule has 2 fully saturated rings. The molecule has 11 rings (SSSR count). The van der Waals surface area contributed by atoms with Gasteiger partial charge in [0, 0.05) is 94.4 Å². The van der Waals surface area contributed by atoms with Crippen molar-refractivity contribution in [1.29, 1.82) is 0 Å². The number of halogens is 2. The van der Waals surface area contributed by atoms with Crippen LogP contribution in [-0.4, -0.2) is 109 Å². The van der Waals surface area contributed by atoms with Crippen LogP contribution in [0.5, 0.6) is 0 Å². The van der Waals surface area contributed by atoms with E-state index in [4.69, 9.17) is 46.1 Å². The number of H-pyrrole nitrogens is 1. The number of hydrogen-bond acceptors (Lipinski definition) is 14. The minimum Gasteiger partial charge on any atom is -0.444 e. The second-order valence-corrected chi connectivity index (χ2v) is 23.7. The van der Waals surface area contributed by atoms with E-state index < -0.39 is 28.9 Å². The summed E-state index contributed by atoms with van der Waals surface area (Å²) in [4.78, 5) is 76.0. The largest absolute Gasteiger partial charge is 0.444 e. The number of fused-ring (bicyclic) bond motifs is 2. The van der Waals surface area contributed by atoms with E-state index in [0.29, 0.717) is 95.1 Å². The van der Waals surface area contributed by atoms with E-state index in [2.05, 4.69) is 70.0 Å². The number of carbonyl (C=O) groups is 4. The number of hydrogen-bond donors (Lipinski definition) is 5. The van der Waals surface area contributed by atoms with Crippen molar-refractivity contribution in [2.45, 2.75) is 78.4 Å². The third-order valence-electron chi connectivity index (χ3n) is 14.0. The van der Waals surface area contributed by atoms with Gasteiger partial charge in [0.1, 0.15) is 11.2 Å². The summed E-state index contributed by atoms with van der Waals surface area (Å²) in [6.07, 6.45) is 9.19. The van der Waals surface area contributed by atoms with E-state index >= 15 is 0 Å². The minimum absolute atomic E-state index is 0.134. The summed E-state index contributed by atoms with van der Waals surface area (Å²) >= 11 is 12.4. The molecule has 0 spiro atoms. The number of likely N-dealkylation sites (tertiary alicyclic amines) is 2. The van der Waals surface area contributed by atoms with Gasteiger partial charge in [-0.05, 0) is 128 Å². The summed E-state index contributed by atoms with van der Waals surface area (Å²) in [5.74, 6) is -0.174. The van der Waals surface area contributed by atoms with Crippen LogP contribution in [0.2, 0.25) is 10.0 Å². The predicted molar refractivity (Wildman–Crippen MR) is 340 cm³/mol. The smallest absolute Gasteiger partial charge is 0.410 e. The molecule has 0 radical (unpaired) electrons. The molecular formula is C64H66Cl2N12O8S. The third kappa shape index (κ3) is 16.4. The highest BCUT2D eigenvalue weighted by Gasteiger charge is 2.33. The second kappa shape index (κ2) is 27.9. The molecule has 4 amide bonds. The molecule has 87 heavy (non-hydrogen) atoms. The maximum absolute atomic E-state index is 13.2. The zero-order valence-electron chi connectivity index (χ0n) is 48.8. The Balaban J connectivity index is 0.000000200. The average Bonchev–Trinajstić information content (AvgIpc) is 1.96. The van der Waals surface area contributed by atoms with Gasteiger partial charge in [0.15, 0.2) is 0 Å². The van der Waals surface area contributed by atoms with Gasteiger partial charge < -0.3 is 50.1 Å². The number of nitrogens with one attached hydrogen (secondary N) is 5. The van der Waals surface area contributed by atoms with Gasteiger partial charge in [-0.15, -0.1) is 0 Å². The minimum atomic E-state index is -0.750. The molecule has 0 unspecified atom stereocenters. The average molecular weight is 1230 g/mol. The molecule has 0 bridgehead atoms. The van der Waals surface area contributed by atoms with Crippen LogP contribution in [0.25, 0.3) is 50.0 Å². The number of nitrogens with zero attached hydrogens (tertiary/aromatic N) is 7. The molecule has 2 aliphatic rings. The predicted octanol–water partition coefficient (Wildman–Crippen LogP) is 14.0. The highest BCUT2D eigenvalue weighted by molar-refractivity contribution is 7.51. The van der Waals surface area contributed by atoms with Gasteiger partial charge in [-0.1, -0.05) is 89.9 Å². The number of carbonyl (C=O) groups excluding carboxylic acids is 4. The van der Waals surface area contributed by atoms with E-state index in [-0.39, 0.29) is 29.7 Å². The topological polar surface area (TPSA) is 248 Å². The number of anilines is 6. The molecule has 2 atom stereocenters. The number of para-hydroxylation sites is 3. The quantitative estimate of drug-likeness (QED) is 0.0808. The van der Waals surface area contributed by atoms with Crippen molar-refractivity contribution in [3.05, 3.63) is 162 Å². The molecule has 23 heteroatoms. The molecule has 9 aromatic rings. The zero-order valence-corrected chi connectivity index (χ0v) is 51.1. The fourth-order valence-electron chi connectivity index (χ4n) is 10.1. The molecule has 5 N–H and O–H groups in total. The maximum Gasteiger partial charge on any atom is 0.410 e. The second-order valence-electron chi connectivity index (χ2n) is 22.8. The summed E-state index contributed by atoms with van der Waals surface area (Å²) in [5, 5.41) is 15.4. The van der Waals surface area contributed by atoms with Gasteiger partial charge in [0.2, 0.25) is 23.7 Å². The Morgan fingerprint density at radius 2 is 1.05 bits per heavy atom. The monoisotopic (exact) mass is 1230 g/mol. The van der Waals surface area contributed by atoms with Crippen LogP contribution in [0.4, 0.5) is 44.2 Å². The van der Waals surface area contributed by atoms with Crippen molar-refractivity contribution in [1.82, 2.24) is 39.3 Å². The Bertz CT molecular complexity index is 3980. The number of ether oxygens (including phenoxy) is 2. The number of amides is 4. The molecule has 0 saturated carbocycles. The van der Waals surface area contributed by atoms with Gasteiger partial charge in [-0.3, -0.25) is 9.59 Å². The lowest BCUT2D eigenvalue weighted by molar-refractivity contribution is -0.122. The Morgan fingerprint density at radius 3 is 1.56 bits per heavy atom. The lowest BCUT2D eigenvalue weighted by Crippen LogP contribution is -2.45. The first-order valence-corrected chi connectivity index (χ1v) is 29.7. The number of rotatable bonds is 11. The SMILES string of the molecule is CC(C)(C)OC(=O)N1CCC[C@@H](C(=O)Nc2cccc(Nc3ncc(Cl)c(-c4c[nH]c5ccccc45)n3)c2)C1.CC(C)(C)OC(=O)N1CCC[C@@H](C(=O)Nc2cccc(Nc3ncc(Cl)c(-c4cn(-c5ccccc5)c5ccccc45)n3)c2)C1.O=S=O. The lowest BCUT2D eigenvalue weighted by Gasteiger charge is -2.33. The summed E-state index contributed by atoms with van der Waals surface area (Å²) in [6, 6.07) is 40.9. The molecule has 6 heterocycles. The van der Waals surface area contributed by atoms with Gasteiger partial charge in [0.25, 0.3) is 0 Å². The molecule has 20 nitrogen and oxygen atoms in total. The van der Waals surface area contributed by atoms with Crippen LogP contribution < -0.4 is 21.3 Å². The van der Waals surface area contributed by atoms with Crippen LogP contribution in [-0.2, 0) is 30.6 Å². The molecule has 2 aliphatic heterocycles. The fourth-order valence-corrected chi connectivity index (χ4v) is 10.5. The molecule has 0 aliphatic carbocycles. The number of piperidine rings is 2. The summed E-state index contributed by atoms with van der Waals surface area (Å²) < 4.78 is 29.7. The van der Waals surface area contributed by atoms with Crippen LogP contribution in [0.15, 0.2) is 152 Å². The maximum atomic E-state index is 13.2. The molecule has 2 saturated heterocycles. The van der Waals surface area contributed by atoms with E-state index in [1.807, 2.05) is 157 Å². The molecule has 4 aromatic heterocycles. The Morgan fingerprint density at radius 1 is 0.586 bits per heavy atom. The van der Waals surface area contributed by atoms with Crippen molar-refractivity contribution >= 4 is 115 Å².